The van der Waals surface area contributed by atoms with Crippen LogP contribution in [0, 0.1) is 20.8 Å². The van der Waals surface area contributed by atoms with Crippen molar-refractivity contribution in [1.82, 2.24) is 0 Å². The molecule has 0 N–H and O–H groups in total. The van der Waals surface area contributed by atoms with Gasteiger partial charge in [-0.05, 0) is 99.6 Å². The fourth-order valence-corrected chi connectivity index (χ4v) is 6.11. The molecule has 1 saturated heterocycles. The van der Waals surface area contributed by atoms with Crippen LogP contribution in [0.15, 0.2) is 106 Å². The lowest BCUT2D eigenvalue weighted by Gasteiger charge is -2.16. The molecular formula is C33H30N2O5S2. The number of ether oxygens (including phenoxy) is 1. The van der Waals surface area contributed by atoms with Gasteiger partial charge in [-0.2, -0.15) is 8.42 Å². The molecule has 1 aliphatic heterocycles. The van der Waals surface area contributed by atoms with Gasteiger partial charge in [-0.1, -0.05) is 59.2 Å². The molecule has 0 bridgehead atoms. The number of carbonyl (C=O) groups is 1. The first-order valence-corrected chi connectivity index (χ1v) is 15.6. The zero-order chi connectivity index (χ0) is 29.9. The van der Waals surface area contributed by atoms with Crippen molar-refractivity contribution in [2.75, 3.05) is 11.5 Å². The molecule has 7 nitrogen and oxygen atoms in total. The minimum absolute atomic E-state index is 0.0475. The van der Waals surface area contributed by atoms with Crippen LogP contribution in [0.4, 0.5) is 11.4 Å². The largest absolute Gasteiger partial charge is 0.490 e. The molecule has 4 aromatic carbocycles. The van der Waals surface area contributed by atoms with Gasteiger partial charge in [-0.15, -0.1) is 0 Å². The summed E-state index contributed by atoms with van der Waals surface area (Å²) in [5.41, 5.74) is 5.25. The van der Waals surface area contributed by atoms with Crippen molar-refractivity contribution in [3.8, 4) is 11.5 Å². The van der Waals surface area contributed by atoms with Crippen LogP contribution in [0.2, 0.25) is 0 Å². The van der Waals surface area contributed by atoms with E-state index in [9.17, 15) is 13.2 Å². The molecule has 1 amide bonds. The molecule has 0 saturated carbocycles. The zero-order valence-electron chi connectivity index (χ0n) is 23.7. The number of rotatable bonds is 8. The molecule has 42 heavy (non-hydrogen) atoms. The van der Waals surface area contributed by atoms with Gasteiger partial charge in [-0.3, -0.25) is 9.69 Å². The minimum Gasteiger partial charge on any atom is -0.490 e. The third-order valence-corrected chi connectivity index (χ3v) is 8.65. The van der Waals surface area contributed by atoms with E-state index in [2.05, 4.69) is 0 Å². The predicted molar refractivity (Wildman–Crippen MR) is 169 cm³/mol. The van der Waals surface area contributed by atoms with Crippen LogP contribution in [-0.4, -0.2) is 26.1 Å². The van der Waals surface area contributed by atoms with Gasteiger partial charge in [0.2, 0.25) is 0 Å². The van der Waals surface area contributed by atoms with Gasteiger partial charge in [0, 0.05) is 0 Å². The summed E-state index contributed by atoms with van der Waals surface area (Å²) in [4.78, 5) is 20.6. The molecule has 0 radical (unpaired) electrons. The maximum Gasteiger partial charge on any atom is 0.339 e. The molecular weight excluding hydrogens is 569 g/mol. The van der Waals surface area contributed by atoms with Crippen molar-refractivity contribution in [1.29, 1.82) is 0 Å². The molecule has 214 valence electrons. The Balaban J connectivity index is 1.49. The highest BCUT2D eigenvalue weighted by Crippen LogP contribution is 2.39. The van der Waals surface area contributed by atoms with Gasteiger partial charge in [0.25, 0.3) is 5.91 Å². The molecule has 1 aliphatic rings. The van der Waals surface area contributed by atoms with E-state index in [4.69, 9.17) is 13.9 Å². The number of thioether (sulfide) groups is 1. The highest BCUT2D eigenvalue weighted by atomic mass is 32.2. The molecule has 0 unspecified atom stereocenters. The second-order valence-corrected chi connectivity index (χ2v) is 12.4. The summed E-state index contributed by atoms with van der Waals surface area (Å²) in [5, 5.41) is 0.535. The van der Waals surface area contributed by atoms with Crippen molar-refractivity contribution in [2.45, 2.75) is 32.6 Å². The number of amides is 1. The number of aliphatic imine (C=N–C) groups is 1. The van der Waals surface area contributed by atoms with Crippen molar-refractivity contribution in [3.63, 3.8) is 0 Å². The summed E-state index contributed by atoms with van der Waals surface area (Å²) in [7, 11) is -4.07. The normalized spacial score (nSPS) is 15.4. The molecule has 0 aromatic heterocycles. The van der Waals surface area contributed by atoms with Crippen LogP contribution in [0.25, 0.3) is 6.08 Å². The Labute approximate surface area is 250 Å². The van der Waals surface area contributed by atoms with E-state index in [1.54, 1.807) is 42.2 Å². The van der Waals surface area contributed by atoms with Crippen LogP contribution in [0.5, 0.6) is 11.5 Å². The van der Waals surface area contributed by atoms with E-state index in [1.807, 2.05) is 69.3 Å². The minimum atomic E-state index is -4.07. The second kappa shape index (κ2) is 12.3. The number of hydrogen-bond acceptors (Lipinski definition) is 7. The third-order valence-electron chi connectivity index (χ3n) is 6.43. The molecule has 9 heteroatoms. The van der Waals surface area contributed by atoms with E-state index >= 15 is 0 Å². The van der Waals surface area contributed by atoms with E-state index < -0.39 is 10.1 Å². The second-order valence-electron chi connectivity index (χ2n) is 9.81. The van der Waals surface area contributed by atoms with Crippen LogP contribution >= 0.6 is 11.8 Å². The molecule has 0 spiro atoms. The lowest BCUT2D eigenvalue weighted by Crippen LogP contribution is -2.28. The molecule has 1 fully saturated rings. The highest BCUT2D eigenvalue weighted by molar-refractivity contribution is 8.19. The monoisotopic (exact) mass is 598 g/mol. The quantitative estimate of drug-likeness (QED) is 0.154. The van der Waals surface area contributed by atoms with Crippen LogP contribution in [0.3, 0.4) is 0 Å². The third kappa shape index (κ3) is 6.58. The first kappa shape index (κ1) is 29.2. The maximum absolute atomic E-state index is 13.7. The Kier molecular flexibility index (Phi) is 8.51. The number of hydrogen-bond donors (Lipinski definition) is 0. The highest BCUT2D eigenvalue weighted by Gasteiger charge is 2.35. The fraction of sp³-hybridized carbons (Fsp3) is 0.152. The smallest absolute Gasteiger partial charge is 0.339 e. The summed E-state index contributed by atoms with van der Waals surface area (Å²) in [6.45, 7) is 7.97. The lowest BCUT2D eigenvalue weighted by molar-refractivity contribution is -0.113. The Morgan fingerprint density at radius 2 is 1.40 bits per heavy atom. The predicted octanol–water partition coefficient (Wildman–Crippen LogP) is 7.59. The molecule has 0 atom stereocenters. The Morgan fingerprint density at radius 1 is 0.810 bits per heavy atom. The SMILES string of the molecule is CCOc1cc(/C=C2\SC(=Nc3ccc(C)cc3)N(c3ccc(C)cc3)C2=O)ccc1OS(=O)(=O)c1ccc(C)cc1. The first-order chi connectivity index (χ1) is 20.1. The van der Waals surface area contributed by atoms with Gasteiger partial charge in [0.15, 0.2) is 16.7 Å². The van der Waals surface area contributed by atoms with E-state index in [-0.39, 0.29) is 22.3 Å². The van der Waals surface area contributed by atoms with Crippen molar-refractivity contribution in [2.24, 2.45) is 4.99 Å². The average Bonchev–Trinajstić information content (AvgIpc) is 3.26. The van der Waals surface area contributed by atoms with E-state index in [0.717, 1.165) is 22.4 Å². The van der Waals surface area contributed by atoms with E-state index in [1.165, 1.54) is 30.0 Å². The molecule has 0 aliphatic carbocycles. The summed E-state index contributed by atoms with van der Waals surface area (Å²) in [6, 6.07) is 26.8. The Morgan fingerprint density at radius 3 is 2.02 bits per heavy atom. The molecule has 5 rings (SSSR count). The van der Waals surface area contributed by atoms with Gasteiger partial charge < -0.3 is 8.92 Å². The van der Waals surface area contributed by atoms with Gasteiger partial charge in [0.1, 0.15) is 4.90 Å². The van der Waals surface area contributed by atoms with Crippen molar-refractivity contribution < 1.29 is 22.1 Å². The first-order valence-electron chi connectivity index (χ1n) is 13.4. The lowest BCUT2D eigenvalue weighted by atomic mass is 10.1. The van der Waals surface area contributed by atoms with Gasteiger partial charge in [-0.25, -0.2) is 4.99 Å². The van der Waals surface area contributed by atoms with Crippen LogP contribution in [-0.2, 0) is 14.9 Å². The number of carbonyl (C=O) groups excluding carboxylic acids is 1. The number of aryl methyl sites for hydroxylation is 3. The van der Waals surface area contributed by atoms with Crippen molar-refractivity contribution >= 4 is 50.4 Å². The van der Waals surface area contributed by atoms with Gasteiger partial charge in [0.05, 0.1) is 22.9 Å². The number of anilines is 1. The topological polar surface area (TPSA) is 85.3 Å². The summed E-state index contributed by atoms with van der Waals surface area (Å²) < 4.78 is 37.0. The standard InChI is InChI=1S/C33H30N2O5S2/c1-5-39-30-20-25(12-19-29(30)40-42(37,38)28-17-10-24(4)11-18-28)21-31-32(36)35(27-15-8-23(3)9-16-27)33(41-31)34-26-13-6-22(2)7-14-26/h6-21H,5H2,1-4H3/b31-21-,34-33?. The number of nitrogens with zero attached hydrogens (tertiary/aromatic N) is 2. The Bertz CT molecular complexity index is 1780. The average molecular weight is 599 g/mol. The maximum atomic E-state index is 13.7. The summed E-state index contributed by atoms with van der Waals surface area (Å²) >= 11 is 1.27. The summed E-state index contributed by atoms with van der Waals surface area (Å²) in [6.07, 6.45) is 1.74. The molecule has 4 aromatic rings. The number of benzene rings is 4. The summed E-state index contributed by atoms with van der Waals surface area (Å²) in [5.74, 6) is 0.102. The Hall–Kier alpha value is -4.34. The van der Waals surface area contributed by atoms with Crippen LogP contribution < -0.4 is 13.8 Å². The van der Waals surface area contributed by atoms with Crippen molar-refractivity contribution in [3.05, 3.63) is 118 Å². The number of amidine groups is 1. The zero-order valence-corrected chi connectivity index (χ0v) is 25.3. The fourth-order valence-electron chi connectivity index (χ4n) is 4.17. The molecule has 1 heterocycles. The van der Waals surface area contributed by atoms with Crippen LogP contribution in [0.1, 0.15) is 29.2 Å². The van der Waals surface area contributed by atoms with Gasteiger partial charge >= 0.3 is 10.1 Å². The van der Waals surface area contributed by atoms with E-state index in [0.29, 0.717) is 27.9 Å².